The van der Waals surface area contributed by atoms with Gasteiger partial charge in [-0.2, -0.15) is 0 Å². The molecule has 1 unspecified atom stereocenters. The molecule has 0 radical (unpaired) electrons. The number of carbonyl (C=O) groups excluding carboxylic acids is 1. The number of ether oxygens (including phenoxy) is 2. The average Bonchev–Trinajstić information content (AvgIpc) is 3.17. The van der Waals surface area contributed by atoms with Crippen LogP contribution >= 0.6 is 0 Å². The van der Waals surface area contributed by atoms with Gasteiger partial charge in [0.2, 0.25) is 6.79 Å². The van der Waals surface area contributed by atoms with Crippen molar-refractivity contribution in [1.29, 1.82) is 0 Å². The second-order valence-corrected chi connectivity index (χ2v) is 6.51. The summed E-state index contributed by atoms with van der Waals surface area (Å²) >= 11 is 0. The van der Waals surface area contributed by atoms with Gasteiger partial charge in [-0.25, -0.2) is 0 Å². The van der Waals surface area contributed by atoms with Crippen molar-refractivity contribution in [3.63, 3.8) is 0 Å². The van der Waals surface area contributed by atoms with E-state index >= 15 is 0 Å². The van der Waals surface area contributed by atoms with Gasteiger partial charge >= 0.3 is 0 Å². The summed E-state index contributed by atoms with van der Waals surface area (Å²) in [5, 5.41) is 7.70. The van der Waals surface area contributed by atoms with E-state index in [2.05, 4.69) is 28.2 Å². The molecule has 0 spiro atoms. The van der Waals surface area contributed by atoms with Gasteiger partial charge in [0.15, 0.2) is 17.3 Å². The zero-order chi connectivity index (χ0) is 16.7. The zero-order valence-electron chi connectivity index (χ0n) is 13.8. The maximum atomic E-state index is 12.2. The lowest BCUT2D eigenvalue weighted by Gasteiger charge is -2.43. The number of carbonyl (C=O) groups is 1. The van der Waals surface area contributed by atoms with E-state index in [1.54, 1.807) is 17.9 Å². The highest BCUT2D eigenvalue weighted by Crippen LogP contribution is 2.37. The van der Waals surface area contributed by atoms with Gasteiger partial charge in [0, 0.05) is 32.6 Å². The van der Waals surface area contributed by atoms with Gasteiger partial charge in [-0.05, 0) is 30.5 Å². The van der Waals surface area contributed by atoms with Gasteiger partial charge in [-0.3, -0.25) is 14.4 Å². The van der Waals surface area contributed by atoms with Gasteiger partial charge < -0.3 is 9.47 Å². The molecule has 1 atom stereocenters. The Balaban J connectivity index is 1.33. The summed E-state index contributed by atoms with van der Waals surface area (Å²) in [4.78, 5) is 14.5. The molecule has 1 saturated heterocycles. The quantitative estimate of drug-likeness (QED) is 0.780. The Labute approximate surface area is 140 Å². The highest BCUT2D eigenvalue weighted by atomic mass is 16.7. The Morgan fingerprint density at radius 2 is 2.12 bits per heavy atom. The van der Waals surface area contributed by atoms with Gasteiger partial charge in [0.25, 0.3) is 0 Å². The van der Waals surface area contributed by atoms with Gasteiger partial charge in [0.1, 0.15) is 5.69 Å². The number of benzene rings is 1. The van der Waals surface area contributed by atoms with Crippen LogP contribution in [0.2, 0.25) is 0 Å². The molecule has 2 aliphatic heterocycles. The summed E-state index contributed by atoms with van der Waals surface area (Å²) < 4.78 is 12.4. The summed E-state index contributed by atoms with van der Waals surface area (Å²) in [6, 6.07) is 6.38. The second-order valence-electron chi connectivity index (χ2n) is 6.51. The van der Waals surface area contributed by atoms with Crippen LogP contribution in [0.3, 0.4) is 0 Å². The highest BCUT2D eigenvalue weighted by molar-refractivity contribution is 5.94. The van der Waals surface area contributed by atoms with Crippen molar-refractivity contribution in [3.8, 4) is 11.5 Å². The van der Waals surface area contributed by atoms with Crippen molar-refractivity contribution in [3.05, 3.63) is 35.7 Å². The van der Waals surface area contributed by atoms with Crippen molar-refractivity contribution >= 4 is 5.78 Å². The van der Waals surface area contributed by atoms with E-state index in [0.29, 0.717) is 30.9 Å². The Morgan fingerprint density at radius 3 is 2.88 bits per heavy atom. The van der Waals surface area contributed by atoms with Crippen LogP contribution in [0.25, 0.3) is 0 Å². The van der Waals surface area contributed by atoms with E-state index in [-0.39, 0.29) is 5.78 Å². The number of rotatable bonds is 5. The molecule has 2 aliphatic rings. The fraction of sp³-hybridized carbons (Fsp3) is 0.471. The minimum absolute atomic E-state index is 0.0727. The maximum Gasteiger partial charge on any atom is 0.231 e. The van der Waals surface area contributed by atoms with E-state index in [4.69, 9.17) is 9.47 Å². The minimum Gasteiger partial charge on any atom is -0.454 e. The normalized spacial score (nSPS) is 18.4. The number of fused-ring (bicyclic) bond motifs is 1. The SMILES string of the molecule is CC(c1ccc2c(c1)OCO2)N1CC(CC(=O)c2cn(C)nn2)C1. The standard InChI is InChI=1S/C17H20N4O3/c1-11(13-3-4-16-17(6-13)24-10-23-16)21-7-12(8-21)5-15(22)14-9-20(2)19-18-14/h3-4,6,9,11-12H,5,7-8,10H2,1-2H3. The summed E-state index contributed by atoms with van der Waals surface area (Å²) in [7, 11) is 1.77. The molecule has 0 N–H and O–H groups in total. The first-order chi connectivity index (χ1) is 11.6. The van der Waals surface area contributed by atoms with E-state index < -0.39 is 0 Å². The lowest BCUT2D eigenvalue weighted by atomic mass is 9.90. The van der Waals surface area contributed by atoms with Gasteiger partial charge in [0.05, 0.1) is 6.20 Å². The van der Waals surface area contributed by atoms with Crippen molar-refractivity contribution in [2.24, 2.45) is 13.0 Å². The maximum absolute atomic E-state index is 12.2. The van der Waals surface area contributed by atoms with Crippen molar-refractivity contribution < 1.29 is 14.3 Å². The largest absolute Gasteiger partial charge is 0.454 e. The predicted octanol–water partition coefficient (Wildman–Crippen LogP) is 1.81. The monoisotopic (exact) mass is 328 g/mol. The smallest absolute Gasteiger partial charge is 0.231 e. The molecule has 2 aromatic rings. The van der Waals surface area contributed by atoms with Crippen molar-refractivity contribution in [1.82, 2.24) is 19.9 Å². The molecule has 1 aromatic carbocycles. The number of nitrogens with zero attached hydrogens (tertiary/aromatic N) is 4. The topological polar surface area (TPSA) is 69.5 Å². The number of Topliss-reactive ketones (excluding diaryl/α,β-unsaturated/α-hetero) is 1. The Morgan fingerprint density at radius 1 is 1.33 bits per heavy atom. The number of hydrogen-bond donors (Lipinski definition) is 0. The summed E-state index contributed by atoms with van der Waals surface area (Å²) in [6.45, 7) is 4.31. The molecule has 7 nitrogen and oxygen atoms in total. The molecular formula is C17H20N4O3. The highest BCUT2D eigenvalue weighted by Gasteiger charge is 2.33. The molecule has 0 bridgehead atoms. The summed E-state index contributed by atoms with van der Waals surface area (Å²) in [6.07, 6.45) is 2.21. The zero-order valence-corrected chi connectivity index (χ0v) is 13.8. The van der Waals surface area contributed by atoms with Crippen LogP contribution in [0.4, 0.5) is 0 Å². The summed E-state index contributed by atoms with van der Waals surface area (Å²) in [5.41, 5.74) is 1.66. The number of likely N-dealkylation sites (tertiary alicyclic amines) is 1. The van der Waals surface area contributed by atoms with Crippen LogP contribution in [0.5, 0.6) is 11.5 Å². The number of hydrogen-bond acceptors (Lipinski definition) is 6. The second kappa shape index (κ2) is 5.90. The Kier molecular flexibility index (Phi) is 3.72. The van der Waals surface area contributed by atoms with Crippen molar-refractivity contribution in [2.75, 3.05) is 19.9 Å². The minimum atomic E-state index is 0.0727. The van der Waals surface area contributed by atoms with Crippen LogP contribution in [0.15, 0.2) is 24.4 Å². The molecule has 1 aromatic heterocycles. The number of aryl methyl sites for hydroxylation is 1. The molecule has 4 rings (SSSR count). The average molecular weight is 328 g/mol. The molecule has 1 fully saturated rings. The number of ketones is 1. The predicted molar refractivity (Wildman–Crippen MR) is 86.0 cm³/mol. The Hall–Kier alpha value is -2.41. The molecule has 7 heteroatoms. The third-order valence-electron chi connectivity index (χ3n) is 4.77. The van der Waals surface area contributed by atoms with E-state index in [1.165, 1.54) is 5.56 Å². The fourth-order valence-corrected chi connectivity index (χ4v) is 3.28. The summed E-state index contributed by atoms with van der Waals surface area (Å²) in [5.74, 6) is 2.08. The van der Waals surface area contributed by atoms with E-state index in [1.807, 2.05) is 12.1 Å². The van der Waals surface area contributed by atoms with Crippen LogP contribution in [0.1, 0.15) is 35.4 Å². The molecule has 3 heterocycles. The lowest BCUT2D eigenvalue weighted by molar-refractivity contribution is 0.0501. The first kappa shape index (κ1) is 15.1. The first-order valence-electron chi connectivity index (χ1n) is 8.13. The third kappa shape index (κ3) is 2.75. The molecule has 24 heavy (non-hydrogen) atoms. The third-order valence-corrected chi connectivity index (χ3v) is 4.77. The van der Waals surface area contributed by atoms with Crippen LogP contribution in [-0.2, 0) is 7.05 Å². The lowest BCUT2D eigenvalue weighted by Crippen LogP contribution is -2.48. The van der Waals surface area contributed by atoms with E-state index in [9.17, 15) is 4.79 Å². The van der Waals surface area contributed by atoms with Crippen LogP contribution in [-0.4, -0.2) is 45.6 Å². The van der Waals surface area contributed by atoms with Crippen LogP contribution < -0.4 is 9.47 Å². The Bertz CT molecular complexity index is 767. The molecule has 0 saturated carbocycles. The fourth-order valence-electron chi connectivity index (χ4n) is 3.28. The van der Waals surface area contributed by atoms with Crippen molar-refractivity contribution in [2.45, 2.75) is 19.4 Å². The molecule has 0 amide bonds. The van der Waals surface area contributed by atoms with Crippen LogP contribution in [0, 0.1) is 5.92 Å². The number of aromatic nitrogens is 3. The van der Waals surface area contributed by atoms with Gasteiger partial charge in [-0.15, -0.1) is 5.10 Å². The molecule has 126 valence electrons. The first-order valence-corrected chi connectivity index (χ1v) is 8.13. The molecule has 0 aliphatic carbocycles. The van der Waals surface area contributed by atoms with E-state index in [0.717, 1.165) is 24.6 Å². The molecular weight excluding hydrogens is 308 g/mol. The van der Waals surface area contributed by atoms with Gasteiger partial charge in [-0.1, -0.05) is 11.3 Å².